The molecule has 1 aromatic heterocycles. The predicted molar refractivity (Wildman–Crippen MR) is 206 cm³/mol. The van der Waals surface area contributed by atoms with Crippen LogP contribution in [0.5, 0.6) is 5.88 Å². The number of esters is 1. The molecule has 6 aliphatic rings. The van der Waals surface area contributed by atoms with Crippen LogP contribution in [0.25, 0.3) is 10.8 Å². The highest BCUT2D eigenvalue weighted by Gasteiger charge is 2.61. The third-order valence-corrected chi connectivity index (χ3v) is 15.7. The lowest BCUT2D eigenvalue weighted by Crippen LogP contribution is -2.48. The second-order valence-electron chi connectivity index (χ2n) is 17.6. The Morgan fingerprint density at radius 2 is 1.76 bits per heavy atom. The van der Waals surface area contributed by atoms with Gasteiger partial charge in [-0.15, -0.1) is 6.58 Å². The number of carbonyl (C=O) groups is 4. The van der Waals surface area contributed by atoms with Crippen LogP contribution in [-0.4, -0.2) is 72.4 Å². The van der Waals surface area contributed by atoms with Gasteiger partial charge in [-0.25, -0.2) is 13.4 Å². The first-order valence-corrected chi connectivity index (χ1v) is 22.3. The molecule has 1 saturated heterocycles. The van der Waals surface area contributed by atoms with Gasteiger partial charge < -0.3 is 14.4 Å². The summed E-state index contributed by atoms with van der Waals surface area (Å²) in [6.07, 6.45) is 15.7. The maximum Gasteiger partial charge on any atom is 0.306 e. The number of amides is 2. The molecule has 2 aromatic rings. The third-order valence-electron chi connectivity index (χ3n) is 13.8. The van der Waals surface area contributed by atoms with Crippen LogP contribution in [0.4, 0.5) is 0 Å². The van der Waals surface area contributed by atoms with Crippen molar-refractivity contribution in [3.8, 4) is 5.88 Å². The zero-order valence-electron chi connectivity index (χ0n) is 31.8. The first kappa shape index (κ1) is 38.1. The third kappa shape index (κ3) is 7.94. The molecular formula is C43H55N3O8S. The van der Waals surface area contributed by atoms with Gasteiger partial charge in [0.15, 0.2) is 5.78 Å². The minimum atomic E-state index is -3.83. The van der Waals surface area contributed by atoms with E-state index in [0.29, 0.717) is 31.7 Å². The summed E-state index contributed by atoms with van der Waals surface area (Å²) in [5, 5.41) is 1.27. The number of nitrogens with zero attached hydrogens (tertiary/aromatic N) is 2. The van der Waals surface area contributed by atoms with Crippen LogP contribution in [0, 0.1) is 28.6 Å². The number of allylic oxidation sites excluding steroid dienone is 1. The number of nitrogens with one attached hydrogen (secondary N) is 1. The van der Waals surface area contributed by atoms with E-state index >= 15 is 0 Å². The van der Waals surface area contributed by atoms with Crippen LogP contribution in [0.15, 0.2) is 43.1 Å². The smallest absolute Gasteiger partial charge is 0.306 e. The van der Waals surface area contributed by atoms with Crippen molar-refractivity contribution in [2.45, 2.75) is 133 Å². The number of benzene rings is 1. The maximum absolute atomic E-state index is 15.0. The summed E-state index contributed by atoms with van der Waals surface area (Å²) in [6, 6.07) is 7.37. The molecule has 1 aromatic carbocycles. The lowest BCUT2D eigenvalue weighted by atomic mass is 9.77. The fraction of sp³-hybridized carbons (Fsp3) is 0.651. The van der Waals surface area contributed by atoms with Gasteiger partial charge >= 0.3 is 5.97 Å². The molecular weight excluding hydrogens is 719 g/mol. The van der Waals surface area contributed by atoms with Crippen molar-refractivity contribution in [2.24, 2.45) is 28.6 Å². The maximum atomic E-state index is 15.0. The van der Waals surface area contributed by atoms with Crippen molar-refractivity contribution in [1.29, 1.82) is 0 Å². The number of aromatic nitrogens is 1. The molecule has 5 fully saturated rings. The van der Waals surface area contributed by atoms with Crippen molar-refractivity contribution in [3.63, 3.8) is 0 Å². The molecule has 11 nitrogen and oxygen atoms in total. The fourth-order valence-electron chi connectivity index (χ4n) is 10.3. The summed E-state index contributed by atoms with van der Waals surface area (Å²) in [5.74, 6) is -2.23. The van der Waals surface area contributed by atoms with Gasteiger partial charge in [0, 0.05) is 29.8 Å². The number of ether oxygens (including phenoxy) is 2. The first-order chi connectivity index (χ1) is 26.5. The molecule has 4 aliphatic carbocycles. The summed E-state index contributed by atoms with van der Waals surface area (Å²) in [5.41, 5.74) is -0.155. The Balaban J connectivity index is 1.12. The molecule has 1 N–H and O–H groups in total. The molecule has 3 heterocycles. The van der Waals surface area contributed by atoms with Crippen molar-refractivity contribution >= 4 is 44.4 Å². The normalized spacial score (nSPS) is 30.4. The van der Waals surface area contributed by atoms with E-state index in [-0.39, 0.29) is 60.7 Å². The summed E-state index contributed by atoms with van der Waals surface area (Å²) in [6.45, 7) is 4.34. The van der Waals surface area contributed by atoms with Crippen molar-refractivity contribution < 1.29 is 37.1 Å². The Kier molecular flexibility index (Phi) is 10.6. The Morgan fingerprint density at radius 1 is 1.00 bits per heavy atom. The molecule has 5 atom stereocenters. The number of cyclic esters (lactones) is 1. The van der Waals surface area contributed by atoms with Gasteiger partial charge in [-0.05, 0) is 99.1 Å². The number of carbonyl (C=O) groups excluding carboxylic acids is 4. The van der Waals surface area contributed by atoms with Crippen LogP contribution in [0.3, 0.4) is 0 Å². The summed E-state index contributed by atoms with van der Waals surface area (Å²) in [7, 11) is -3.83. The molecule has 4 saturated carbocycles. The van der Waals surface area contributed by atoms with Gasteiger partial charge in [-0.3, -0.25) is 23.9 Å². The standard InChI is InChI=1S/C43H55N3O8S/c1-2-31-24-43(31,41(50)45-55(51,52)33-14-15-33)25-37(47)36-22-32-26-46(36)40(49)35(29-10-4-3-5-11-29)23-38(48)53-27-42(17-6-7-18-42)19-8-9-28-12-13-30-16-20-44-39(54-32)34(30)21-28/h2,12-13,16,20-21,29,31-33,35-36H,1,3-11,14-15,17-19,22-27H2,(H,45,50)/t31-,32+,35-,36-,43+/m0/s1. The van der Waals surface area contributed by atoms with Crippen LogP contribution in [0.1, 0.15) is 115 Å². The van der Waals surface area contributed by atoms with Gasteiger partial charge in [-0.2, -0.15) is 0 Å². The number of hydrogen-bond acceptors (Lipinski definition) is 9. The molecule has 12 heteroatoms. The van der Waals surface area contributed by atoms with E-state index < -0.39 is 44.7 Å². The quantitative estimate of drug-likeness (QED) is 0.239. The van der Waals surface area contributed by atoms with Crippen LogP contribution >= 0.6 is 0 Å². The lowest BCUT2D eigenvalue weighted by Gasteiger charge is -2.34. The van der Waals surface area contributed by atoms with Gasteiger partial charge in [0.05, 0.1) is 42.2 Å². The Hall–Kier alpha value is -3.80. The second kappa shape index (κ2) is 15.3. The molecule has 296 valence electrons. The van der Waals surface area contributed by atoms with Gasteiger partial charge in [0.1, 0.15) is 6.10 Å². The largest absolute Gasteiger partial charge is 0.472 e. The Bertz CT molecular complexity index is 1950. The number of Topliss-reactive ketones (excluding diaryl/α,β-unsaturated/α-hetero) is 1. The summed E-state index contributed by atoms with van der Waals surface area (Å²) < 4.78 is 40.6. The van der Waals surface area contributed by atoms with E-state index in [2.05, 4.69) is 34.5 Å². The van der Waals surface area contributed by atoms with Crippen LogP contribution in [0.2, 0.25) is 0 Å². The van der Waals surface area contributed by atoms with Gasteiger partial charge in [0.25, 0.3) is 0 Å². The molecule has 8 rings (SSSR count). The number of aryl methyl sites for hydroxylation is 1. The molecule has 2 aliphatic heterocycles. The SMILES string of the molecule is C=C[C@H]1C[C@]1(CC(=O)[C@@H]1C[C@@H]2CN1C(=O)[C@H](C1CCCCC1)CC(=O)OCC1(CCCC1)CCCc1ccc3ccnc(c3c1)O2)C(=O)NS(=O)(=O)C1CC1. The van der Waals surface area contributed by atoms with E-state index in [1.54, 1.807) is 17.2 Å². The van der Waals surface area contributed by atoms with E-state index in [1.807, 2.05) is 6.07 Å². The zero-order chi connectivity index (χ0) is 38.4. The van der Waals surface area contributed by atoms with Crippen molar-refractivity contribution in [3.05, 3.63) is 48.7 Å². The van der Waals surface area contributed by atoms with E-state index in [1.165, 1.54) is 0 Å². The Labute approximate surface area is 324 Å². The molecule has 2 amide bonds. The summed E-state index contributed by atoms with van der Waals surface area (Å²) >= 11 is 0. The minimum Gasteiger partial charge on any atom is -0.472 e. The molecule has 1 spiro atoms. The minimum absolute atomic E-state index is 0.0213. The topological polar surface area (TPSA) is 149 Å². The highest BCUT2D eigenvalue weighted by Crippen LogP contribution is 2.57. The summed E-state index contributed by atoms with van der Waals surface area (Å²) in [4.78, 5) is 63.2. The molecule has 4 bridgehead atoms. The van der Waals surface area contributed by atoms with Crippen molar-refractivity contribution in [2.75, 3.05) is 13.2 Å². The van der Waals surface area contributed by atoms with Gasteiger partial charge in [0.2, 0.25) is 27.7 Å². The van der Waals surface area contributed by atoms with E-state index in [4.69, 9.17) is 9.47 Å². The highest BCUT2D eigenvalue weighted by molar-refractivity contribution is 7.90. The lowest BCUT2D eigenvalue weighted by molar-refractivity contribution is -0.154. The van der Waals surface area contributed by atoms with E-state index in [0.717, 1.165) is 93.4 Å². The second-order valence-corrected chi connectivity index (χ2v) is 19.6. The van der Waals surface area contributed by atoms with Gasteiger partial charge in [-0.1, -0.05) is 50.3 Å². The number of fused-ring (bicyclic) bond motifs is 3. The highest BCUT2D eigenvalue weighted by atomic mass is 32.2. The number of ketones is 1. The van der Waals surface area contributed by atoms with Crippen molar-refractivity contribution in [1.82, 2.24) is 14.6 Å². The number of pyridine rings is 1. The zero-order valence-corrected chi connectivity index (χ0v) is 32.7. The van der Waals surface area contributed by atoms with Crippen LogP contribution < -0.4 is 9.46 Å². The average Bonchev–Trinajstić information content (AvgIpc) is 4.07. The van der Waals surface area contributed by atoms with E-state index in [9.17, 15) is 27.6 Å². The number of sulfonamides is 1. The number of rotatable bonds is 8. The number of hydrogen-bond donors (Lipinski definition) is 1. The fourth-order valence-corrected chi connectivity index (χ4v) is 11.7. The van der Waals surface area contributed by atoms with Crippen LogP contribution in [-0.2, 0) is 40.4 Å². The molecule has 0 unspecified atom stereocenters. The first-order valence-electron chi connectivity index (χ1n) is 20.7. The molecule has 55 heavy (non-hydrogen) atoms. The molecule has 0 radical (unpaired) electrons. The monoisotopic (exact) mass is 773 g/mol. The Morgan fingerprint density at radius 3 is 2.49 bits per heavy atom. The average molecular weight is 774 g/mol. The predicted octanol–water partition coefficient (Wildman–Crippen LogP) is 6.37.